The van der Waals surface area contributed by atoms with E-state index in [0.717, 1.165) is 24.2 Å². The Balaban J connectivity index is 2.59. The minimum Gasteiger partial charge on any atom is -0.385 e. The first-order valence-electron chi connectivity index (χ1n) is 7.32. The summed E-state index contributed by atoms with van der Waals surface area (Å²) in [7, 11) is 0. The lowest BCUT2D eigenvalue weighted by Gasteiger charge is -2.22. The fourth-order valence-corrected chi connectivity index (χ4v) is 2.47. The lowest BCUT2D eigenvalue weighted by Crippen LogP contribution is -2.21. The number of nitrogens with zero attached hydrogens (tertiary/aromatic N) is 2. The topological polar surface area (TPSA) is 28.2 Å². The van der Waals surface area contributed by atoms with Gasteiger partial charge in [-0.05, 0) is 45.0 Å². The number of hydrogen-bond acceptors (Lipinski definition) is 3. The number of halogens is 2. The number of alkyl halides is 2. The fraction of sp³-hybridized carbons (Fsp3) is 0.438. The molecule has 2 aromatic rings. The van der Waals surface area contributed by atoms with E-state index in [1.807, 2.05) is 25.1 Å². The first-order chi connectivity index (χ1) is 10.1. The number of anilines is 2. The highest BCUT2D eigenvalue weighted by molar-refractivity contribution is 5.94. The van der Waals surface area contributed by atoms with Crippen LogP contribution in [-0.4, -0.2) is 24.6 Å². The maximum absolute atomic E-state index is 12.9. The summed E-state index contributed by atoms with van der Waals surface area (Å²) in [6, 6.07) is 7.22. The molecule has 0 amide bonds. The van der Waals surface area contributed by atoms with Crippen LogP contribution in [0.15, 0.2) is 24.3 Å². The van der Waals surface area contributed by atoms with Gasteiger partial charge in [0.25, 0.3) is 6.43 Å². The first kappa shape index (κ1) is 15.5. The van der Waals surface area contributed by atoms with Crippen molar-refractivity contribution in [1.82, 2.24) is 4.98 Å². The van der Waals surface area contributed by atoms with E-state index < -0.39 is 6.43 Å². The molecule has 0 atom stereocenters. The van der Waals surface area contributed by atoms with Crippen LogP contribution in [0.1, 0.15) is 32.9 Å². The zero-order valence-electron chi connectivity index (χ0n) is 12.7. The van der Waals surface area contributed by atoms with E-state index in [-0.39, 0.29) is 5.69 Å². The van der Waals surface area contributed by atoms with Gasteiger partial charge < -0.3 is 10.2 Å². The van der Waals surface area contributed by atoms with Gasteiger partial charge in [0, 0.05) is 36.4 Å². The predicted molar refractivity (Wildman–Crippen MR) is 84.4 cm³/mol. The molecule has 5 heteroatoms. The summed E-state index contributed by atoms with van der Waals surface area (Å²) in [5.41, 5.74) is 2.21. The zero-order valence-corrected chi connectivity index (χ0v) is 12.7. The molecule has 0 aliphatic rings. The molecule has 1 aromatic carbocycles. The zero-order chi connectivity index (χ0) is 15.4. The van der Waals surface area contributed by atoms with Gasteiger partial charge in [-0.15, -0.1) is 0 Å². The average Bonchev–Trinajstić information content (AvgIpc) is 2.48. The van der Waals surface area contributed by atoms with Crippen molar-refractivity contribution >= 4 is 22.3 Å². The molecule has 0 aliphatic heterocycles. The van der Waals surface area contributed by atoms with Crippen LogP contribution in [0.3, 0.4) is 0 Å². The largest absolute Gasteiger partial charge is 0.385 e. The fourth-order valence-electron chi connectivity index (χ4n) is 2.47. The van der Waals surface area contributed by atoms with Crippen LogP contribution in [0, 0.1) is 0 Å². The Morgan fingerprint density at radius 2 is 1.86 bits per heavy atom. The average molecular weight is 293 g/mol. The Labute approximate surface area is 124 Å². The summed E-state index contributed by atoms with van der Waals surface area (Å²) in [5, 5.41) is 4.04. The van der Waals surface area contributed by atoms with E-state index in [1.54, 1.807) is 0 Å². The van der Waals surface area contributed by atoms with Gasteiger partial charge in [-0.25, -0.2) is 13.8 Å². The smallest absolute Gasteiger partial charge is 0.280 e. The number of rotatable bonds is 6. The van der Waals surface area contributed by atoms with Gasteiger partial charge in [-0.1, -0.05) is 0 Å². The van der Waals surface area contributed by atoms with Crippen LogP contribution >= 0.6 is 0 Å². The van der Waals surface area contributed by atoms with Crippen molar-refractivity contribution in [3.8, 4) is 0 Å². The Kier molecular flexibility index (Phi) is 4.94. The predicted octanol–water partition coefficient (Wildman–Crippen LogP) is 4.45. The van der Waals surface area contributed by atoms with E-state index in [9.17, 15) is 8.78 Å². The summed E-state index contributed by atoms with van der Waals surface area (Å²) >= 11 is 0. The lowest BCUT2D eigenvalue weighted by molar-refractivity contribution is 0.146. The van der Waals surface area contributed by atoms with E-state index in [4.69, 9.17) is 0 Å². The third-order valence-corrected chi connectivity index (χ3v) is 3.53. The standard InChI is InChI=1S/C16H21F2N3/c1-4-19-14-10-15(16(17)18)20-13-8-7-11(9-12(13)14)21(5-2)6-3/h7-10,16H,4-6H2,1-3H3,(H,19,20). The quantitative estimate of drug-likeness (QED) is 0.853. The molecule has 2 rings (SSSR count). The molecular formula is C16H21F2N3. The molecule has 21 heavy (non-hydrogen) atoms. The lowest BCUT2D eigenvalue weighted by atomic mass is 10.1. The van der Waals surface area contributed by atoms with Crippen molar-refractivity contribution in [1.29, 1.82) is 0 Å². The van der Waals surface area contributed by atoms with Gasteiger partial charge in [-0.2, -0.15) is 0 Å². The third kappa shape index (κ3) is 3.23. The number of fused-ring (bicyclic) bond motifs is 1. The van der Waals surface area contributed by atoms with Crippen LogP contribution in [0.5, 0.6) is 0 Å². The second kappa shape index (κ2) is 6.70. The normalized spacial score (nSPS) is 11.1. The van der Waals surface area contributed by atoms with Crippen molar-refractivity contribution < 1.29 is 8.78 Å². The Hall–Kier alpha value is -1.91. The van der Waals surface area contributed by atoms with Gasteiger partial charge in [0.05, 0.1) is 5.52 Å². The van der Waals surface area contributed by atoms with Crippen molar-refractivity contribution in [2.45, 2.75) is 27.2 Å². The summed E-state index contributed by atoms with van der Waals surface area (Å²) < 4.78 is 25.9. The molecule has 0 unspecified atom stereocenters. The summed E-state index contributed by atoms with van der Waals surface area (Å²) in [6.45, 7) is 8.62. The Morgan fingerprint density at radius 3 is 2.43 bits per heavy atom. The molecule has 0 bridgehead atoms. The van der Waals surface area contributed by atoms with Crippen LogP contribution < -0.4 is 10.2 Å². The van der Waals surface area contributed by atoms with E-state index >= 15 is 0 Å². The van der Waals surface area contributed by atoms with Crippen molar-refractivity contribution in [2.24, 2.45) is 0 Å². The molecule has 1 aromatic heterocycles. The van der Waals surface area contributed by atoms with Gasteiger partial charge in [0.1, 0.15) is 5.69 Å². The second-order valence-electron chi connectivity index (χ2n) is 4.80. The van der Waals surface area contributed by atoms with Crippen LogP contribution in [0.25, 0.3) is 10.9 Å². The van der Waals surface area contributed by atoms with Crippen molar-refractivity contribution in [3.05, 3.63) is 30.0 Å². The van der Waals surface area contributed by atoms with Crippen molar-refractivity contribution in [3.63, 3.8) is 0 Å². The monoisotopic (exact) mass is 293 g/mol. The summed E-state index contributed by atoms with van der Waals surface area (Å²) in [5.74, 6) is 0. The van der Waals surface area contributed by atoms with E-state index in [2.05, 4.69) is 29.0 Å². The molecule has 0 aliphatic carbocycles. The van der Waals surface area contributed by atoms with E-state index in [0.29, 0.717) is 17.7 Å². The highest BCUT2D eigenvalue weighted by Crippen LogP contribution is 2.30. The van der Waals surface area contributed by atoms with Gasteiger partial charge in [-0.3, -0.25) is 0 Å². The van der Waals surface area contributed by atoms with Crippen LogP contribution in [0.2, 0.25) is 0 Å². The van der Waals surface area contributed by atoms with Crippen molar-refractivity contribution in [2.75, 3.05) is 29.9 Å². The number of benzene rings is 1. The van der Waals surface area contributed by atoms with Gasteiger partial charge in [0.2, 0.25) is 0 Å². The molecular weight excluding hydrogens is 272 g/mol. The summed E-state index contributed by atoms with van der Waals surface area (Å²) in [6.07, 6.45) is -2.56. The molecule has 0 radical (unpaired) electrons. The maximum Gasteiger partial charge on any atom is 0.280 e. The highest BCUT2D eigenvalue weighted by atomic mass is 19.3. The summed E-state index contributed by atoms with van der Waals surface area (Å²) in [4.78, 5) is 6.28. The Bertz CT molecular complexity index is 610. The molecule has 0 saturated carbocycles. The number of aromatic nitrogens is 1. The van der Waals surface area contributed by atoms with Gasteiger partial charge >= 0.3 is 0 Å². The van der Waals surface area contributed by atoms with Crippen LogP contribution in [0.4, 0.5) is 20.2 Å². The number of pyridine rings is 1. The second-order valence-corrected chi connectivity index (χ2v) is 4.80. The highest BCUT2D eigenvalue weighted by Gasteiger charge is 2.14. The SMILES string of the molecule is CCNc1cc(C(F)F)nc2ccc(N(CC)CC)cc12. The molecule has 0 saturated heterocycles. The number of nitrogens with one attached hydrogen (secondary N) is 1. The number of hydrogen-bond donors (Lipinski definition) is 1. The molecule has 1 heterocycles. The van der Waals surface area contributed by atoms with Gasteiger partial charge in [0.15, 0.2) is 0 Å². The molecule has 0 fully saturated rings. The Morgan fingerprint density at radius 1 is 1.14 bits per heavy atom. The third-order valence-electron chi connectivity index (χ3n) is 3.53. The molecule has 0 spiro atoms. The molecule has 1 N–H and O–H groups in total. The van der Waals surface area contributed by atoms with E-state index in [1.165, 1.54) is 6.07 Å². The first-order valence-corrected chi connectivity index (χ1v) is 7.32. The molecule has 114 valence electrons. The minimum atomic E-state index is -2.56. The maximum atomic E-state index is 12.9. The molecule has 3 nitrogen and oxygen atoms in total. The van der Waals surface area contributed by atoms with Crippen LogP contribution in [-0.2, 0) is 0 Å². The minimum absolute atomic E-state index is 0.186.